The van der Waals surface area contributed by atoms with Gasteiger partial charge < -0.3 is 14.3 Å². The predicted molar refractivity (Wildman–Crippen MR) is 126 cm³/mol. The van der Waals surface area contributed by atoms with E-state index in [1.807, 2.05) is 6.07 Å². The average molecular weight is 436 g/mol. The summed E-state index contributed by atoms with van der Waals surface area (Å²) in [6.45, 7) is 6.49. The summed E-state index contributed by atoms with van der Waals surface area (Å²) in [5.74, 6) is 2.08. The first-order valence-electron chi connectivity index (χ1n) is 12.7. The van der Waals surface area contributed by atoms with Crippen LogP contribution in [0.2, 0.25) is 0 Å². The average Bonchev–Trinajstić information content (AvgIpc) is 3.31. The molecule has 3 aliphatic rings. The lowest BCUT2D eigenvalue weighted by Gasteiger charge is -2.37. The number of rotatable bonds is 8. The van der Waals surface area contributed by atoms with Crippen molar-refractivity contribution in [1.29, 1.82) is 0 Å². The highest BCUT2D eigenvalue weighted by atomic mass is 16.5. The van der Waals surface area contributed by atoms with Crippen LogP contribution in [0, 0.1) is 12.8 Å². The second-order valence-electron chi connectivity index (χ2n) is 10.2. The molecule has 3 fully saturated rings. The SMILES string of the molecule is Cc1ccccc1CCN1CCC(CN(C(=O)c2cc(C3CC3)on2)C2CCCC2)CC1. The Balaban J connectivity index is 1.16. The Bertz CT molecular complexity index is 905. The van der Waals surface area contributed by atoms with Crippen molar-refractivity contribution in [3.63, 3.8) is 0 Å². The number of hydrogen-bond acceptors (Lipinski definition) is 4. The van der Waals surface area contributed by atoms with Crippen molar-refractivity contribution in [3.05, 3.63) is 52.9 Å². The maximum Gasteiger partial charge on any atom is 0.276 e. The Hall–Kier alpha value is -2.14. The molecule has 2 saturated carbocycles. The molecule has 0 bridgehead atoms. The minimum Gasteiger partial charge on any atom is -0.360 e. The number of likely N-dealkylation sites (tertiary alicyclic amines) is 1. The lowest BCUT2D eigenvalue weighted by atomic mass is 9.94. The van der Waals surface area contributed by atoms with E-state index in [9.17, 15) is 4.79 Å². The molecule has 2 heterocycles. The minimum atomic E-state index is 0.0922. The monoisotopic (exact) mass is 435 g/mol. The number of aromatic nitrogens is 1. The summed E-state index contributed by atoms with van der Waals surface area (Å²) < 4.78 is 5.49. The number of carbonyl (C=O) groups is 1. The molecule has 1 saturated heterocycles. The van der Waals surface area contributed by atoms with Gasteiger partial charge in [0, 0.05) is 31.1 Å². The smallest absolute Gasteiger partial charge is 0.276 e. The zero-order valence-electron chi connectivity index (χ0n) is 19.5. The summed E-state index contributed by atoms with van der Waals surface area (Å²) in [6.07, 6.45) is 10.5. The van der Waals surface area contributed by atoms with Gasteiger partial charge >= 0.3 is 0 Å². The van der Waals surface area contributed by atoms with Crippen molar-refractivity contribution in [2.75, 3.05) is 26.2 Å². The Morgan fingerprint density at radius 3 is 2.56 bits per heavy atom. The van der Waals surface area contributed by atoms with Crippen LogP contribution in [0.3, 0.4) is 0 Å². The van der Waals surface area contributed by atoms with E-state index < -0.39 is 0 Å². The number of amides is 1. The molecule has 1 aromatic carbocycles. The van der Waals surface area contributed by atoms with E-state index in [-0.39, 0.29) is 5.91 Å². The van der Waals surface area contributed by atoms with Gasteiger partial charge in [0.15, 0.2) is 5.69 Å². The zero-order chi connectivity index (χ0) is 21.9. The van der Waals surface area contributed by atoms with Gasteiger partial charge in [-0.1, -0.05) is 42.3 Å². The maximum absolute atomic E-state index is 13.4. The number of benzene rings is 1. The molecule has 0 atom stereocenters. The van der Waals surface area contributed by atoms with Gasteiger partial charge in [-0.05, 0) is 82.0 Å². The molecular weight excluding hydrogens is 398 g/mol. The molecular formula is C27H37N3O2. The molecule has 0 radical (unpaired) electrons. The first-order chi connectivity index (χ1) is 15.7. The third-order valence-corrected chi connectivity index (χ3v) is 7.87. The van der Waals surface area contributed by atoms with Crippen LogP contribution >= 0.6 is 0 Å². The fraction of sp³-hybridized carbons (Fsp3) is 0.630. The molecule has 32 heavy (non-hydrogen) atoms. The first kappa shape index (κ1) is 21.7. The van der Waals surface area contributed by atoms with Crippen molar-refractivity contribution in [2.24, 2.45) is 5.92 Å². The summed E-state index contributed by atoms with van der Waals surface area (Å²) in [7, 11) is 0. The second-order valence-corrected chi connectivity index (χ2v) is 10.2. The number of piperidine rings is 1. The molecule has 2 aromatic rings. The molecule has 2 aliphatic carbocycles. The van der Waals surface area contributed by atoms with E-state index >= 15 is 0 Å². The molecule has 5 nitrogen and oxygen atoms in total. The molecule has 1 aliphatic heterocycles. The highest BCUT2D eigenvalue weighted by molar-refractivity contribution is 5.92. The Labute approximate surface area is 192 Å². The summed E-state index contributed by atoms with van der Waals surface area (Å²) in [6, 6.07) is 11.0. The van der Waals surface area contributed by atoms with Crippen LogP contribution in [-0.4, -0.2) is 53.1 Å². The number of nitrogens with zero attached hydrogens (tertiary/aromatic N) is 3. The quantitative estimate of drug-likeness (QED) is 0.572. The number of hydrogen-bond donors (Lipinski definition) is 0. The molecule has 0 spiro atoms. The van der Waals surface area contributed by atoms with Crippen LogP contribution in [-0.2, 0) is 6.42 Å². The van der Waals surface area contributed by atoms with Crippen LogP contribution in [0.5, 0.6) is 0 Å². The van der Waals surface area contributed by atoms with E-state index in [0.717, 1.165) is 64.0 Å². The second kappa shape index (κ2) is 9.78. The largest absolute Gasteiger partial charge is 0.360 e. The van der Waals surface area contributed by atoms with Crippen LogP contribution < -0.4 is 0 Å². The first-order valence-corrected chi connectivity index (χ1v) is 12.7. The molecule has 5 rings (SSSR count). The lowest BCUT2D eigenvalue weighted by Crippen LogP contribution is -2.45. The van der Waals surface area contributed by atoms with Crippen molar-refractivity contribution in [2.45, 2.75) is 76.7 Å². The van der Waals surface area contributed by atoms with Gasteiger partial charge in [-0.3, -0.25) is 4.79 Å². The fourth-order valence-electron chi connectivity index (χ4n) is 5.55. The highest BCUT2D eigenvalue weighted by Crippen LogP contribution is 2.40. The zero-order valence-corrected chi connectivity index (χ0v) is 19.5. The molecule has 0 N–H and O–H groups in total. The predicted octanol–water partition coefficient (Wildman–Crippen LogP) is 5.20. The summed E-state index contributed by atoms with van der Waals surface area (Å²) in [5.41, 5.74) is 3.38. The Morgan fingerprint density at radius 2 is 1.84 bits per heavy atom. The number of carbonyl (C=O) groups excluding carboxylic acids is 1. The number of aryl methyl sites for hydroxylation is 1. The van der Waals surface area contributed by atoms with E-state index in [4.69, 9.17) is 4.52 Å². The molecule has 5 heteroatoms. The third-order valence-electron chi connectivity index (χ3n) is 7.87. The molecule has 172 valence electrons. The van der Waals surface area contributed by atoms with Gasteiger partial charge in [-0.25, -0.2) is 0 Å². The van der Waals surface area contributed by atoms with Crippen LogP contribution in [0.15, 0.2) is 34.9 Å². The van der Waals surface area contributed by atoms with Crippen molar-refractivity contribution in [1.82, 2.24) is 15.0 Å². The van der Waals surface area contributed by atoms with Crippen molar-refractivity contribution < 1.29 is 9.32 Å². The topological polar surface area (TPSA) is 49.6 Å². The van der Waals surface area contributed by atoms with Crippen molar-refractivity contribution >= 4 is 5.91 Å². The lowest BCUT2D eigenvalue weighted by molar-refractivity contribution is 0.0588. The van der Waals surface area contributed by atoms with Gasteiger partial charge in [0.05, 0.1) is 0 Å². The highest BCUT2D eigenvalue weighted by Gasteiger charge is 2.34. The third kappa shape index (κ3) is 5.09. The summed E-state index contributed by atoms with van der Waals surface area (Å²) in [5, 5.41) is 4.16. The minimum absolute atomic E-state index is 0.0922. The summed E-state index contributed by atoms with van der Waals surface area (Å²) in [4.78, 5) is 18.2. The molecule has 0 unspecified atom stereocenters. The van der Waals surface area contributed by atoms with Gasteiger partial charge in [-0.15, -0.1) is 0 Å². The van der Waals surface area contributed by atoms with E-state index in [0.29, 0.717) is 23.6 Å². The van der Waals surface area contributed by atoms with Gasteiger partial charge in [0.1, 0.15) is 5.76 Å². The fourth-order valence-corrected chi connectivity index (χ4v) is 5.55. The summed E-state index contributed by atoms with van der Waals surface area (Å²) >= 11 is 0. The van der Waals surface area contributed by atoms with E-state index in [1.54, 1.807) is 0 Å². The van der Waals surface area contributed by atoms with Gasteiger partial charge in [-0.2, -0.15) is 0 Å². The molecule has 1 aromatic heterocycles. The van der Waals surface area contributed by atoms with E-state index in [2.05, 4.69) is 46.1 Å². The van der Waals surface area contributed by atoms with Gasteiger partial charge in [0.25, 0.3) is 5.91 Å². The standard InChI is InChI=1S/C27H37N3O2/c1-20-6-2-3-7-22(20)14-17-29-15-12-21(13-16-29)19-30(24-8-4-5-9-24)27(31)25-18-26(32-28-25)23-10-11-23/h2-3,6-7,18,21,23-24H,4-5,8-17,19H2,1H3. The Morgan fingerprint density at radius 1 is 1.09 bits per heavy atom. The van der Waals surface area contributed by atoms with Crippen LogP contribution in [0.4, 0.5) is 0 Å². The van der Waals surface area contributed by atoms with Crippen LogP contribution in [0.25, 0.3) is 0 Å². The van der Waals surface area contributed by atoms with E-state index in [1.165, 1.54) is 36.8 Å². The van der Waals surface area contributed by atoms with Gasteiger partial charge in [0.2, 0.25) is 0 Å². The maximum atomic E-state index is 13.4. The van der Waals surface area contributed by atoms with Crippen LogP contribution in [0.1, 0.15) is 84.7 Å². The van der Waals surface area contributed by atoms with Crippen molar-refractivity contribution in [3.8, 4) is 0 Å². The Kier molecular flexibility index (Phi) is 6.63. The normalized spacial score (nSPS) is 20.7. The molecule has 1 amide bonds.